The molecular weight excluding hydrogens is 262 g/mol. The molecule has 21 heavy (non-hydrogen) atoms. The van der Waals surface area contributed by atoms with Crippen LogP contribution in [0, 0.1) is 0 Å². The Balaban J connectivity index is 2.19. The minimum absolute atomic E-state index is 0.0262. The Morgan fingerprint density at radius 1 is 1.00 bits per heavy atom. The van der Waals surface area contributed by atoms with Crippen molar-refractivity contribution in [3.63, 3.8) is 0 Å². The standard InChI is InChI=1S/C18H21NO2/c1-14(13-20)19-18(21)12-17(15-8-4-2-5-9-15)16-10-6-3-7-11-16/h2-11,14,17,20H,12-13H2,1H3,(H,19,21)/t14-/m0/s1. The molecule has 0 aliphatic rings. The van der Waals surface area contributed by atoms with Gasteiger partial charge in [-0.25, -0.2) is 0 Å². The van der Waals surface area contributed by atoms with E-state index in [1.807, 2.05) is 60.7 Å². The maximum Gasteiger partial charge on any atom is 0.221 e. The highest BCUT2D eigenvalue weighted by Crippen LogP contribution is 2.27. The summed E-state index contributed by atoms with van der Waals surface area (Å²) < 4.78 is 0. The van der Waals surface area contributed by atoms with Gasteiger partial charge in [-0.2, -0.15) is 0 Å². The van der Waals surface area contributed by atoms with Crippen molar-refractivity contribution in [1.82, 2.24) is 5.32 Å². The van der Waals surface area contributed by atoms with Gasteiger partial charge in [-0.05, 0) is 18.1 Å². The molecule has 0 heterocycles. The van der Waals surface area contributed by atoms with E-state index in [-0.39, 0.29) is 24.5 Å². The minimum atomic E-state index is -0.218. The van der Waals surface area contributed by atoms with Crippen molar-refractivity contribution in [2.24, 2.45) is 0 Å². The summed E-state index contributed by atoms with van der Waals surface area (Å²) in [7, 11) is 0. The van der Waals surface area contributed by atoms with Gasteiger partial charge in [0.2, 0.25) is 5.91 Å². The fourth-order valence-electron chi connectivity index (χ4n) is 2.36. The van der Waals surface area contributed by atoms with E-state index in [0.29, 0.717) is 6.42 Å². The van der Waals surface area contributed by atoms with Gasteiger partial charge < -0.3 is 10.4 Å². The summed E-state index contributed by atoms with van der Waals surface area (Å²) in [6.07, 6.45) is 0.373. The molecule has 0 unspecified atom stereocenters. The summed E-state index contributed by atoms with van der Waals surface area (Å²) in [6, 6.07) is 19.8. The normalized spacial score (nSPS) is 12.1. The lowest BCUT2D eigenvalue weighted by Crippen LogP contribution is -2.35. The van der Waals surface area contributed by atoms with Crippen molar-refractivity contribution in [1.29, 1.82) is 0 Å². The monoisotopic (exact) mass is 283 g/mol. The third kappa shape index (κ3) is 4.43. The molecule has 3 nitrogen and oxygen atoms in total. The molecule has 3 heteroatoms. The van der Waals surface area contributed by atoms with Gasteiger partial charge in [-0.15, -0.1) is 0 Å². The molecule has 0 aliphatic carbocycles. The highest BCUT2D eigenvalue weighted by molar-refractivity contribution is 5.77. The molecule has 110 valence electrons. The molecule has 2 aromatic carbocycles. The average molecular weight is 283 g/mol. The Morgan fingerprint density at radius 3 is 1.90 bits per heavy atom. The predicted octanol–water partition coefficient (Wildman–Crippen LogP) is 2.71. The van der Waals surface area contributed by atoms with Crippen LogP contribution in [0.15, 0.2) is 60.7 Å². The van der Waals surface area contributed by atoms with Gasteiger partial charge >= 0.3 is 0 Å². The van der Waals surface area contributed by atoms with Gasteiger partial charge in [0.05, 0.1) is 6.61 Å². The molecule has 0 fully saturated rings. The first-order valence-electron chi connectivity index (χ1n) is 7.21. The number of aliphatic hydroxyl groups is 1. The van der Waals surface area contributed by atoms with Gasteiger partial charge in [0.25, 0.3) is 0 Å². The van der Waals surface area contributed by atoms with Gasteiger partial charge in [0, 0.05) is 18.4 Å². The number of hydrogen-bond acceptors (Lipinski definition) is 2. The molecule has 0 saturated carbocycles. The fraction of sp³-hybridized carbons (Fsp3) is 0.278. The van der Waals surface area contributed by atoms with Crippen molar-refractivity contribution in [3.8, 4) is 0 Å². The Labute approximate surface area is 125 Å². The quantitative estimate of drug-likeness (QED) is 0.856. The molecule has 2 N–H and O–H groups in total. The second-order valence-electron chi connectivity index (χ2n) is 5.23. The SMILES string of the molecule is C[C@@H](CO)NC(=O)CC(c1ccccc1)c1ccccc1. The van der Waals surface area contributed by atoms with E-state index in [0.717, 1.165) is 11.1 Å². The summed E-state index contributed by atoms with van der Waals surface area (Å²) in [5, 5.41) is 11.8. The lowest BCUT2D eigenvalue weighted by Gasteiger charge is -2.19. The molecule has 0 aromatic heterocycles. The van der Waals surface area contributed by atoms with Crippen LogP contribution in [0.3, 0.4) is 0 Å². The van der Waals surface area contributed by atoms with Gasteiger partial charge in [0.15, 0.2) is 0 Å². The molecule has 1 atom stereocenters. The molecular formula is C18H21NO2. The van der Waals surface area contributed by atoms with E-state index in [1.54, 1.807) is 6.92 Å². The number of carbonyl (C=O) groups is 1. The molecule has 0 radical (unpaired) electrons. The van der Waals surface area contributed by atoms with Crippen LogP contribution in [-0.2, 0) is 4.79 Å². The third-order valence-corrected chi connectivity index (χ3v) is 3.47. The van der Waals surface area contributed by atoms with Crippen LogP contribution in [0.25, 0.3) is 0 Å². The van der Waals surface area contributed by atoms with E-state index in [4.69, 9.17) is 5.11 Å². The number of carbonyl (C=O) groups excluding carboxylic acids is 1. The van der Waals surface area contributed by atoms with Crippen LogP contribution < -0.4 is 5.32 Å². The van der Waals surface area contributed by atoms with Crippen molar-refractivity contribution in [3.05, 3.63) is 71.8 Å². The van der Waals surface area contributed by atoms with Crippen LogP contribution in [0.5, 0.6) is 0 Å². The number of amides is 1. The minimum Gasteiger partial charge on any atom is -0.394 e. The summed E-state index contributed by atoms with van der Waals surface area (Å²) in [4.78, 5) is 12.1. The summed E-state index contributed by atoms with van der Waals surface area (Å²) in [6.45, 7) is 1.74. The van der Waals surface area contributed by atoms with Crippen LogP contribution >= 0.6 is 0 Å². The Bertz CT molecular complexity index is 514. The van der Waals surface area contributed by atoms with E-state index in [2.05, 4.69) is 5.32 Å². The molecule has 0 bridgehead atoms. The fourth-order valence-corrected chi connectivity index (χ4v) is 2.36. The first-order valence-corrected chi connectivity index (χ1v) is 7.21. The topological polar surface area (TPSA) is 49.3 Å². The van der Waals surface area contributed by atoms with Crippen molar-refractivity contribution < 1.29 is 9.90 Å². The van der Waals surface area contributed by atoms with Crippen molar-refractivity contribution in [2.45, 2.75) is 25.3 Å². The smallest absolute Gasteiger partial charge is 0.221 e. The maximum absolute atomic E-state index is 12.1. The third-order valence-electron chi connectivity index (χ3n) is 3.47. The Morgan fingerprint density at radius 2 is 1.48 bits per heavy atom. The number of aliphatic hydroxyl groups excluding tert-OH is 1. The molecule has 0 aliphatic heterocycles. The number of nitrogens with one attached hydrogen (secondary N) is 1. The zero-order valence-corrected chi connectivity index (χ0v) is 12.2. The van der Waals surface area contributed by atoms with E-state index < -0.39 is 0 Å². The maximum atomic E-state index is 12.1. The molecule has 2 rings (SSSR count). The Hall–Kier alpha value is -2.13. The molecule has 2 aromatic rings. The first-order chi connectivity index (χ1) is 10.2. The average Bonchev–Trinajstić information content (AvgIpc) is 2.54. The van der Waals surface area contributed by atoms with E-state index >= 15 is 0 Å². The summed E-state index contributed by atoms with van der Waals surface area (Å²) >= 11 is 0. The highest BCUT2D eigenvalue weighted by atomic mass is 16.3. The summed E-state index contributed by atoms with van der Waals surface area (Å²) in [5.74, 6) is -0.0208. The number of rotatable bonds is 6. The van der Waals surface area contributed by atoms with Crippen LogP contribution in [0.2, 0.25) is 0 Å². The highest BCUT2D eigenvalue weighted by Gasteiger charge is 2.18. The zero-order valence-electron chi connectivity index (χ0n) is 12.2. The van der Waals surface area contributed by atoms with Crippen LogP contribution in [0.4, 0.5) is 0 Å². The van der Waals surface area contributed by atoms with Crippen molar-refractivity contribution >= 4 is 5.91 Å². The van der Waals surface area contributed by atoms with Crippen LogP contribution in [-0.4, -0.2) is 23.7 Å². The van der Waals surface area contributed by atoms with E-state index in [9.17, 15) is 4.79 Å². The molecule has 1 amide bonds. The zero-order chi connectivity index (χ0) is 15.1. The molecule has 0 saturated heterocycles. The first kappa shape index (κ1) is 15.3. The second kappa shape index (κ2) is 7.60. The lowest BCUT2D eigenvalue weighted by atomic mass is 9.88. The predicted molar refractivity (Wildman–Crippen MR) is 84.0 cm³/mol. The van der Waals surface area contributed by atoms with Crippen LogP contribution in [0.1, 0.15) is 30.4 Å². The van der Waals surface area contributed by atoms with Gasteiger partial charge in [-0.3, -0.25) is 4.79 Å². The lowest BCUT2D eigenvalue weighted by molar-refractivity contribution is -0.122. The Kier molecular flexibility index (Phi) is 5.52. The molecule has 0 spiro atoms. The van der Waals surface area contributed by atoms with Gasteiger partial charge in [-0.1, -0.05) is 60.7 Å². The van der Waals surface area contributed by atoms with Crippen molar-refractivity contribution in [2.75, 3.05) is 6.61 Å². The number of hydrogen-bond donors (Lipinski definition) is 2. The van der Waals surface area contributed by atoms with Gasteiger partial charge in [0.1, 0.15) is 0 Å². The van der Waals surface area contributed by atoms with E-state index in [1.165, 1.54) is 0 Å². The second-order valence-corrected chi connectivity index (χ2v) is 5.23. The largest absolute Gasteiger partial charge is 0.394 e. The summed E-state index contributed by atoms with van der Waals surface area (Å²) in [5.41, 5.74) is 2.24. The number of benzene rings is 2.